The number of hydrogen-bond acceptors (Lipinski definition) is 3. The second-order valence-electron chi connectivity index (χ2n) is 4.99. The topological polar surface area (TPSA) is 89.2 Å². The van der Waals surface area contributed by atoms with Crippen LogP contribution in [0.25, 0.3) is 5.69 Å². The van der Waals surface area contributed by atoms with E-state index in [1.54, 1.807) is 24.3 Å². The molecular formula is C17H14N4O3. The molecule has 0 radical (unpaired) electrons. The molecule has 0 fully saturated rings. The second kappa shape index (κ2) is 6.66. The van der Waals surface area contributed by atoms with E-state index in [4.69, 9.17) is 0 Å². The smallest absolute Gasteiger partial charge is 0.323 e. The molecule has 0 spiro atoms. The lowest BCUT2D eigenvalue weighted by Gasteiger charge is -2.09. The van der Waals surface area contributed by atoms with Crippen molar-refractivity contribution in [1.82, 2.24) is 4.57 Å². The first-order chi connectivity index (χ1) is 11.6. The van der Waals surface area contributed by atoms with Gasteiger partial charge in [-0.1, -0.05) is 12.1 Å². The van der Waals surface area contributed by atoms with Crippen LogP contribution in [0.2, 0.25) is 0 Å². The van der Waals surface area contributed by atoms with Crippen molar-refractivity contribution in [2.24, 2.45) is 0 Å². The minimum Gasteiger partial charge on any atom is -0.324 e. The maximum absolute atomic E-state index is 12.0. The Morgan fingerprint density at radius 1 is 0.917 bits per heavy atom. The molecule has 0 saturated heterocycles. The van der Waals surface area contributed by atoms with Crippen molar-refractivity contribution in [2.75, 3.05) is 10.6 Å². The van der Waals surface area contributed by atoms with Crippen LogP contribution in [0, 0.1) is 10.1 Å². The molecular weight excluding hydrogens is 308 g/mol. The van der Waals surface area contributed by atoms with Crippen LogP contribution in [0.4, 0.5) is 21.9 Å². The summed E-state index contributed by atoms with van der Waals surface area (Å²) in [6.45, 7) is 0. The molecule has 0 aliphatic rings. The van der Waals surface area contributed by atoms with Crippen molar-refractivity contribution in [1.29, 1.82) is 0 Å². The lowest BCUT2D eigenvalue weighted by Crippen LogP contribution is -2.20. The Balaban J connectivity index is 1.68. The fourth-order valence-corrected chi connectivity index (χ4v) is 2.25. The van der Waals surface area contributed by atoms with Crippen molar-refractivity contribution in [3.8, 4) is 5.69 Å². The molecule has 3 aromatic rings. The van der Waals surface area contributed by atoms with Gasteiger partial charge in [0.25, 0.3) is 5.69 Å². The summed E-state index contributed by atoms with van der Waals surface area (Å²) < 4.78 is 1.94. The number of rotatable bonds is 4. The quantitative estimate of drug-likeness (QED) is 0.561. The molecule has 7 heteroatoms. The van der Waals surface area contributed by atoms with E-state index < -0.39 is 11.0 Å². The monoisotopic (exact) mass is 322 g/mol. The zero-order valence-electron chi connectivity index (χ0n) is 12.5. The molecule has 0 bridgehead atoms. The zero-order chi connectivity index (χ0) is 16.9. The van der Waals surface area contributed by atoms with Crippen LogP contribution < -0.4 is 10.6 Å². The summed E-state index contributed by atoms with van der Waals surface area (Å²) in [5.74, 6) is 0. The summed E-state index contributed by atoms with van der Waals surface area (Å²) in [4.78, 5) is 22.4. The molecule has 0 aliphatic carbocycles. The summed E-state index contributed by atoms with van der Waals surface area (Å²) in [6, 6.07) is 16.5. The predicted octanol–water partition coefficient (Wildman–Crippen LogP) is 4.03. The van der Waals surface area contributed by atoms with Gasteiger partial charge in [-0.3, -0.25) is 10.1 Å². The number of nitrogens with zero attached hydrogens (tertiary/aromatic N) is 2. The van der Waals surface area contributed by atoms with Crippen LogP contribution in [0.15, 0.2) is 73.1 Å². The van der Waals surface area contributed by atoms with Crippen LogP contribution in [-0.4, -0.2) is 15.5 Å². The van der Waals surface area contributed by atoms with Crippen LogP contribution in [0.5, 0.6) is 0 Å². The van der Waals surface area contributed by atoms with E-state index in [2.05, 4.69) is 10.6 Å². The molecule has 0 atom stereocenters. The minimum atomic E-state index is -0.544. The van der Waals surface area contributed by atoms with Gasteiger partial charge in [0.2, 0.25) is 0 Å². The third-order valence-corrected chi connectivity index (χ3v) is 3.38. The van der Waals surface area contributed by atoms with E-state index in [0.29, 0.717) is 5.69 Å². The number of hydrogen-bond donors (Lipinski definition) is 2. The highest BCUT2D eigenvalue weighted by Crippen LogP contribution is 2.23. The number of urea groups is 1. The summed E-state index contributed by atoms with van der Waals surface area (Å²) in [5.41, 5.74) is 1.53. The fourth-order valence-electron chi connectivity index (χ4n) is 2.25. The summed E-state index contributed by atoms with van der Waals surface area (Å²) in [6.07, 6.45) is 3.84. The highest BCUT2D eigenvalue weighted by molar-refractivity contribution is 6.01. The van der Waals surface area contributed by atoms with Crippen molar-refractivity contribution in [3.05, 3.63) is 83.2 Å². The number of para-hydroxylation sites is 2. The van der Waals surface area contributed by atoms with Crippen molar-refractivity contribution >= 4 is 23.1 Å². The van der Waals surface area contributed by atoms with Gasteiger partial charge in [-0.15, -0.1) is 0 Å². The zero-order valence-corrected chi connectivity index (χ0v) is 12.5. The summed E-state index contributed by atoms with van der Waals surface area (Å²) in [5, 5.41) is 16.1. The second-order valence-corrected chi connectivity index (χ2v) is 4.99. The highest BCUT2D eigenvalue weighted by atomic mass is 16.6. The Hall–Kier alpha value is -3.61. The molecule has 0 unspecified atom stereocenters. The van der Waals surface area contributed by atoms with Gasteiger partial charge in [0.05, 0.1) is 4.92 Å². The van der Waals surface area contributed by atoms with Gasteiger partial charge in [0, 0.05) is 29.8 Å². The average Bonchev–Trinajstić information content (AvgIpc) is 3.10. The molecule has 2 aromatic carbocycles. The Labute approximate surface area is 137 Å². The first-order valence-electron chi connectivity index (χ1n) is 7.18. The van der Waals surface area contributed by atoms with Crippen LogP contribution in [0.1, 0.15) is 0 Å². The molecule has 1 aromatic heterocycles. The fraction of sp³-hybridized carbons (Fsp3) is 0. The van der Waals surface area contributed by atoms with E-state index in [-0.39, 0.29) is 11.4 Å². The van der Waals surface area contributed by atoms with E-state index >= 15 is 0 Å². The molecule has 7 nitrogen and oxygen atoms in total. The number of carbonyl (C=O) groups excluding carboxylic acids is 1. The van der Waals surface area contributed by atoms with E-state index in [1.165, 1.54) is 12.1 Å². The van der Waals surface area contributed by atoms with Gasteiger partial charge in [-0.05, 0) is 42.5 Å². The van der Waals surface area contributed by atoms with Crippen molar-refractivity contribution in [3.63, 3.8) is 0 Å². The molecule has 120 valence electrons. The largest absolute Gasteiger partial charge is 0.324 e. The number of carbonyl (C=O) groups is 1. The van der Waals surface area contributed by atoms with Crippen LogP contribution in [0.3, 0.4) is 0 Å². The molecule has 24 heavy (non-hydrogen) atoms. The average molecular weight is 322 g/mol. The third kappa shape index (κ3) is 3.41. The molecule has 2 N–H and O–H groups in total. The van der Waals surface area contributed by atoms with Gasteiger partial charge in [0.1, 0.15) is 5.69 Å². The maximum atomic E-state index is 12.0. The number of amides is 2. The standard InChI is InChI=1S/C17H14N4O3/c22-17(19-15-5-1-2-6-16(15)21(23)24)18-13-7-9-14(10-8-13)20-11-3-4-12-20/h1-12H,(H2,18,19,22). The number of aromatic nitrogens is 1. The number of anilines is 2. The van der Waals surface area contributed by atoms with Gasteiger partial charge in [0.15, 0.2) is 0 Å². The third-order valence-electron chi connectivity index (χ3n) is 3.38. The van der Waals surface area contributed by atoms with Gasteiger partial charge in [-0.25, -0.2) is 4.79 Å². The summed E-state index contributed by atoms with van der Waals surface area (Å²) >= 11 is 0. The predicted molar refractivity (Wildman–Crippen MR) is 91.5 cm³/mol. The van der Waals surface area contributed by atoms with Crippen molar-refractivity contribution in [2.45, 2.75) is 0 Å². The molecule has 2 amide bonds. The van der Waals surface area contributed by atoms with E-state index in [9.17, 15) is 14.9 Å². The number of nitro groups is 1. The first kappa shape index (κ1) is 15.3. The Kier molecular flexibility index (Phi) is 4.24. The lowest BCUT2D eigenvalue weighted by atomic mass is 10.2. The molecule has 3 rings (SSSR count). The number of nitro benzene ring substituents is 1. The normalized spacial score (nSPS) is 10.2. The molecule has 0 saturated carbocycles. The minimum absolute atomic E-state index is 0.143. The maximum Gasteiger partial charge on any atom is 0.323 e. The van der Waals surface area contributed by atoms with Crippen LogP contribution >= 0.6 is 0 Å². The summed E-state index contributed by atoms with van der Waals surface area (Å²) in [7, 11) is 0. The highest BCUT2D eigenvalue weighted by Gasteiger charge is 2.14. The van der Waals surface area contributed by atoms with Crippen molar-refractivity contribution < 1.29 is 9.72 Å². The molecule has 1 heterocycles. The SMILES string of the molecule is O=C(Nc1ccc(-n2cccc2)cc1)Nc1ccccc1[N+](=O)[O-]. The van der Waals surface area contributed by atoms with E-state index in [0.717, 1.165) is 5.69 Å². The number of benzene rings is 2. The van der Waals surface area contributed by atoms with Gasteiger partial charge < -0.3 is 15.2 Å². The Morgan fingerprint density at radius 3 is 2.25 bits per heavy atom. The van der Waals surface area contributed by atoms with Gasteiger partial charge in [-0.2, -0.15) is 0 Å². The van der Waals surface area contributed by atoms with Gasteiger partial charge >= 0.3 is 6.03 Å². The van der Waals surface area contributed by atoms with E-state index in [1.807, 2.05) is 41.2 Å². The first-order valence-corrected chi connectivity index (χ1v) is 7.18. The molecule has 0 aliphatic heterocycles. The number of nitrogens with one attached hydrogen (secondary N) is 2. The van der Waals surface area contributed by atoms with Crippen LogP contribution in [-0.2, 0) is 0 Å². The lowest BCUT2D eigenvalue weighted by molar-refractivity contribution is -0.383. The Morgan fingerprint density at radius 2 is 1.58 bits per heavy atom. The Bertz CT molecular complexity index is 858.